The number of carboxylic acid groups (broad SMARTS) is 1. The lowest BCUT2D eigenvalue weighted by molar-refractivity contribution is -0.255. The molecule has 2 aliphatic heterocycles. The first-order valence-electron chi connectivity index (χ1n) is 12.2. The summed E-state index contributed by atoms with van der Waals surface area (Å²) in [6.45, 7) is 0. The Morgan fingerprint density at radius 2 is 1.64 bits per heavy atom. The number of imide groups is 1. The molecule has 0 unspecified atom stereocenters. The fraction of sp³-hybridized carbons (Fsp3) is 0.207. The van der Waals surface area contributed by atoms with Gasteiger partial charge in [-0.25, -0.2) is 9.37 Å². The normalized spacial score (nSPS) is 13.3. The number of nitrogens with zero attached hydrogens (tertiary/aromatic N) is 3. The van der Waals surface area contributed by atoms with Crippen molar-refractivity contribution < 1.29 is 33.5 Å². The van der Waals surface area contributed by atoms with E-state index in [0.717, 1.165) is 17.1 Å². The van der Waals surface area contributed by atoms with Gasteiger partial charge in [0.05, 0.1) is 17.6 Å². The number of fused-ring (bicyclic) bond motifs is 2. The zero-order valence-electron chi connectivity index (χ0n) is 21.8. The predicted molar refractivity (Wildman–Crippen MR) is 141 cm³/mol. The van der Waals surface area contributed by atoms with Gasteiger partial charge in [0.2, 0.25) is 5.36 Å². The van der Waals surface area contributed by atoms with Crippen molar-refractivity contribution in [3.8, 4) is 22.5 Å². The standard InChI is InChI=1S/C29H25N3O7/c1-30(2)19-5-7-21-23(14-19)38-24-15-20(31(3)4)6-8-22(24)27(21)16-11-17(28(35)36)13-18(12-16)29(37)39-32-25(33)9-10-26(32)34/h5-8,11-15H,9-10H2,1-4H3. The molecule has 0 bridgehead atoms. The summed E-state index contributed by atoms with van der Waals surface area (Å²) in [7, 11) is 7.63. The van der Waals surface area contributed by atoms with Crippen molar-refractivity contribution in [3.63, 3.8) is 0 Å². The van der Waals surface area contributed by atoms with Gasteiger partial charge in [-0.1, -0.05) is 0 Å². The van der Waals surface area contributed by atoms with Crippen LogP contribution in [0.15, 0.2) is 59.0 Å². The Balaban J connectivity index is 1.76. The lowest BCUT2D eigenvalue weighted by atomic mass is 9.91. The van der Waals surface area contributed by atoms with Crippen molar-refractivity contribution in [2.75, 3.05) is 33.1 Å². The molecule has 1 saturated heterocycles. The van der Waals surface area contributed by atoms with Gasteiger partial charge in [0, 0.05) is 61.3 Å². The molecule has 5 rings (SSSR count). The minimum Gasteiger partial charge on any atom is -0.545 e. The molecular formula is C29H25N3O7. The fourth-order valence-electron chi connectivity index (χ4n) is 4.54. The third kappa shape index (κ3) is 4.72. The lowest BCUT2D eigenvalue weighted by Crippen LogP contribution is -2.32. The van der Waals surface area contributed by atoms with Crippen LogP contribution < -0.4 is 19.9 Å². The second-order valence-electron chi connectivity index (χ2n) is 9.67. The lowest BCUT2D eigenvalue weighted by Gasteiger charge is -2.19. The molecule has 39 heavy (non-hydrogen) atoms. The topological polar surface area (TPSA) is 123 Å². The third-order valence-corrected chi connectivity index (χ3v) is 6.59. The minimum absolute atomic E-state index is 0.0637. The maximum absolute atomic E-state index is 13.0. The molecule has 0 spiro atoms. The number of carbonyl (C=O) groups is 4. The molecule has 10 heteroatoms. The molecule has 0 aromatic heterocycles. The molecule has 0 atom stereocenters. The Hall–Kier alpha value is -4.99. The largest absolute Gasteiger partial charge is 0.545 e. The average Bonchev–Trinajstić information content (AvgIpc) is 3.22. The Morgan fingerprint density at radius 1 is 0.949 bits per heavy atom. The highest BCUT2D eigenvalue weighted by Crippen LogP contribution is 2.41. The number of anilines is 1. The zero-order valence-corrected chi connectivity index (χ0v) is 21.8. The number of amides is 2. The van der Waals surface area contributed by atoms with Crippen LogP contribution in [0.2, 0.25) is 0 Å². The van der Waals surface area contributed by atoms with Gasteiger partial charge in [0.1, 0.15) is 25.4 Å². The van der Waals surface area contributed by atoms with E-state index in [0.29, 0.717) is 38.5 Å². The van der Waals surface area contributed by atoms with E-state index in [1.807, 2.05) is 74.1 Å². The van der Waals surface area contributed by atoms with Crippen molar-refractivity contribution in [2.45, 2.75) is 12.8 Å². The van der Waals surface area contributed by atoms with Gasteiger partial charge >= 0.3 is 5.97 Å². The van der Waals surface area contributed by atoms with Crippen molar-refractivity contribution in [3.05, 3.63) is 71.1 Å². The first-order valence-corrected chi connectivity index (χ1v) is 12.2. The van der Waals surface area contributed by atoms with Gasteiger partial charge in [-0.3, -0.25) is 9.59 Å². The van der Waals surface area contributed by atoms with E-state index in [9.17, 15) is 24.3 Å². The van der Waals surface area contributed by atoms with E-state index in [2.05, 4.69) is 0 Å². The summed E-state index contributed by atoms with van der Waals surface area (Å²) in [5.41, 5.74) is 2.73. The van der Waals surface area contributed by atoms with E-state index in [1.54, 1.807) is 0 Å². The van der Waals surface area contributed by atoms with Crippen LogP contribution in [0.1, 0.15) is 33.6 Å². The minimum atomic E-state index is -1.50. The highest BCUT2D eigenvalue weighted by Gasteiger charge is 2.33. The number of hydrogen-bond donors (Lipinski definition) is 0. The van der Waals surface area contributed by atoms with E-state index >= 15 is 0 Å². The molecule has 2 aromatic rings. The van der Waals surface area contributed by atoms with Gasteiger partial charge in [-0.05, 0) is 47.5 Å². The Bertz CT molecular complexity index is 1710. The predicted octanol–water partition coefficient (Wildman–Crippen LogP) is 1.89. The summed E-state index contributed by atoms with van der Waals surface area (Å²) in [6.07, 6.45) is -0.127. The summed E-state index contributed by atoms with van der Waals surface area (Å²) in [6, 6.07) is 15.3. The van der Waals surface area contributed by atoms with Crippen LogP contribution in [0, 0.1) is 0 Å². The molecule has 2 heterocycles. The summed E-state index contributed by atoms with van der Waals surface area (Å²) >= 11 is 0. The molecule has 1 aliphatic carbocycles. The SMILES string of the molecule is CN(C)c1ccc2c(-c3cc(C(=O)[O-])cc(C(=O)ON4C(=O)CCC4=O)c3)c3ccc(=[N+](C)C)cc-3oc2c1. The molecule has 0 radical (unpaired) electrons. The Kier molecular flexibility index (Phi) is 6.39. The second-order valence-corrected chi connectivity index (χ2v) is 9.67. The van der Waals surface area contributed by atoms with Crippen LogP contribution in [-0.4, -0.2) is 57.0 Å². The number of aromatic carboxylic acids is 1. The van der Waals surface area contributed by atoms with Crippen molar-refractivity contribution in [1.29, 1.82) is 0 Å². The van der Waals surface area contributed by atoms with Gasteiger partial charge in [0.25, 0.3) is 11.8 Å². The van der Waals surface area contributed by atoms with E-state index in [-0.39, 0.29) is 24.0 Å². The van der Waals surface area contributed by atoms with Crippen LogP contribution in [0.4, 0.5) is 5.69 Å². The molecular weight excluding hydrogens is 502 g/mol. The smallest absolute Gasteiger partial charge is 0.363 e. The van der Waals surface area contributed by atoms with Crippen molar-refractivity contribution >= 4 is 40.4 Å². The van der Waals surface area contributed by atoms with Gasteiger partial charge in [-0.15, -0.1) is 5.06 Å². The molecule has 0 N–H and O–H groups in total. The zero-order chi connectivity index (χ0) is 28.0. The maximum atomic E-state index is 13.0. The number of rotatable bonds is 5. The maximum Gasteiger partial charge on any atom is 0.363 e. The number of benzene rings is 3. The van der Waals surface area contributed by atoms with E-state index < -0.39 is 23.8 Å². The Morgan fingerprint density at radius 3 is 2.28 bits per heavy atom. The highest BCUT2D eigenvalue weighted by molar-refractivity contribution is 6.06. The molecule has 3 aliphatic rings. The third-order valence-electron chi connectivity index (χ3n) is 6.59. The highest BCUT2D eigenvalue weighted by atomic mass is 16.7. The summed E-state index contributed by atoms with van der Waals surface area (Å²) in [4.78, 5) is 55.9. The monoisotopic (exact) mass is 527 g/mol. The molecule has 2 amide bonds. The van der Waals surface area contributed by atoms with Crippen LogP contribution in [0.3, 0.4) is 0 Å². The van der Waals surface area contributed by atoms with E-state index in [1.165, 1.54) is 12.1 Å². The van der Waals surface area contributed by atoms with Crippen LogP contribution in [0.25, 0.3) is 33.4 Å². The second kappa shape index (κ2) is 9.71. The first-order chi connectivity index (χ1) is 18.5. The number of carboxylic acids is 1. The molecule has 1 fully saturated rings. The van der Waals surface area contributed by atoms with Crippen LogP contribution in [0.5, 0.6) is 0 Å². The quantitative estimate of drug-likeness (QED) is 0.219. The van der Waals surface area contributed by atoms with Crippen molar-refractivity contribution in [1.82, 2.24) is 9.64 Å². The molecule has 10 nitrogen and oxygen atoms in total. The fourth-order valence-corrected chi connectivity index (χ4v) is 4.54. The summed E-state index contributed by atoms with van der Waals surface area (Å²) in [5, 5.41) is 14.0. The number of hydrogen-bond acceptors (Lipinski definition) is 8. The number of hydroxylamine groups is 2. The molecule has 2 aromatic carbocycles. The van der Waals surface area contributed by atoms with Gasteiger partial charge in [-0.2, -0.15) is 0 Å². The van der Waals surface area contributed by atoms with Crippen LogP contribution in [-0.2, 0) is 14.4 Å². The summed E-state index contributed by atoms with van der Waals surface area (Å²) < 4.78 is 8.23. The Labute approximate surface area is 223 Å². The summed E-state index contributed by atoms with van der Waals surface area (Å²) in [5.74, 6) is -3.27. The van der Waals surface area contributed by atoms with Crippen molar-refractivity contribution in [2.24, 2.45) is 0 Å². The van der Waals surface area contributed by atoms with E-state index in [4.69, 9.17) is 9.25 Å². The van der Waals surface area contributed by atoms with Gasteiger partial charge in [0.15, 0.2) is 0 Å². The van der Waals surface area contributed by atoms with Crippen LogP contribution >= 0.6 is 0 Å². The van der Waals surface area contributed by atoms with Gasteiger partial charge < -0.3 is 24.1 Å². The number of carbonyl (C=O) groups excluding carboxylic acids is 4. The molecule has 0 saturated carbocycles. The first kappa shape index (κ1) is 25.7. The average molecular weight is 528 g/mol. The molecule has 198 valence electrons.